The van der Waals surface area contributed by atoms with Gasteiger partial charge in [0.25, 0.3) is 0 Å². The number of allylic oxidation sites excluding steroid dienone is 2. The predicted octanol–water partition coefficient (Wildman–Crippen LogP) is -2.06. The summed E-state index contributed by atoms with van der Waals surface area (Å²) >= 11 is 0. The van der Waals surface area contributed by atoms with Crippen LogP contribution < -0.4 is 0 Å². The number of rotatable bonds is 13. The lowest BCUT2D eigenvalue weighted by Crippen LogP contribution is -2.67. The van der Waals surface area contributed by atoms with Crippen molar-refractivity contribution < 1.29 is 134 Å². The Hall–Kier alpha value is -2.24. The number of carboxylic acid groups (broad SMARTS) is 1. The number of hydrogen-bond acceptors (Lipinski definition) is 26. The summed E-state index contributed by atoms with van der Waals surface area (Å²) < 4.78 is 59.3. The molecular formula is C60H96O27. The smallest absolute Gasteiger partial charge is 0.335 e. The molecule has 27 heteroatoms. The molecule has 9 fully saturated rings. The van der Waals surface area contributed by atoms with E-state index in [9.17, 15) is 81.4 Å². The number of hydrogen-bond donors (Lipinski definition) is 15. The highest BCUT2D eigenvalue weighted by Gasteiger charge is 2.70. The van der Waals surface area contributed by atoms with E-state index in [1.54, 1.807) is 0 Å². The lowest BCUT2D eigenvalue weighted by atomic mass is 9.33. The number of ether oxygens (including phenoxy) is 10. The zero-order valence-corrected chi connectivity index (χ0v) is 50.9. The summed E-state index contributed by atoms with van der Waals surface area (Å²) in [6.45, 7) is 17.0. The third-order valence-corrected chi connectivity index (χ3v) is 23.4. The van der Waals surface area contributed by atoms with Gasteiger partial charge in [0.15, 0.2) is 31.3 Å². The number of fused-ring (bicyclic) bond motifs is 7. The van der Waals surface area contributed by atoms with Crippen molar-refractivity contribution >= 4 is 11.9 Å². The molecule has 0 spiro atoms. The second-order valence-corrected chi connectivity index (χ2v) is 29.1. The summed E-state index contributed by atoms with van der Waals surface area (Å²) in [6.07, 6.45) is -33.4. The molecule has 27 nitrogen and oxygen atoms in total. The zero-order chi connectivity index (χ0) is 63.7. The molecule has 87 heavy (non-hydrogen) atoms. The minimum Gasteiger partial charge on any atom is -0.479 e. The van der Waals surface area contributed by atoms with Gasteiger partial charge >= 0.3 is 11.9 Å². The van der Waals surface area contributed by atoms with Crippen LogP contribution in [0.4, 0.5) is 0 Å². The van der Waals surface area contributed by atoms with Gasteiger partial charge in [0, 0.05) is 0 Å². The van der Waals surface area contributed by atoms with Crippen molar-refractivity contribution in [2.24, 2.45) is 50.2 Å². The maximum absolute atomic E-state index is 15.3. The monoisotopic (exact) mass is 1250 g/mol. The first kappa shape index (κ1) is 67.6. The van der Waals surface area contributed by atoms with Crippen LogP contribution in [0.5, 0.6) is 0 Å². The van der Waals surface area contributed by atoms with E-state index in [0.717, 1.165) is 12.8 Å². The molecular weight excluding hydrogens is 1150 g/mol. The van der Waals surface area contributed by atoms with Gasteiger partial charge < -0.3 is 124 Å². The Kier molecular flexibility index (Phi) is 19.1. The number of carbonyl (C=O) groups is 2. The zero-order valence-electron chi connectivity index (χ0n) is 50.9. The topological polar surface area (TPSA) is 430 Å². The van der Waals surface area contributed by atoms with E-state index in [1.807, 2.05) is 0 Å². The predicted molar refractivity (Wildman–Crippen MR) is 293 cm³/mol. The molecule has 15 N–H and O–H groups in total. The van der Waals surface area contributed by atoms with E-state index >= 15 is 4.79 Å². The fourth-order valence-corrected chi connectivity index (χ4v) is 17.8. The van der Waals surface area contributed by atoms with E-state index in [-0.39, 0.29) is 34.0 Å². The van der Waals surface area contributed by atoms with Gasteiger partial charge in [-0.15, -0.1) is 0 Å². The van der Waals surface area contributed by atoms with E-state index in [4.69, 9.17) is 47.4 Å². The summed E-state index contributed by atoms with van der Waals surface area (Å²) in [5.74, 6) is -2.29. The van der Waals surface area contributed by atoms with Crippen LogP contribution in [0, 0.1) is 50.2 Å². The summed E-state index contributed by atoms with van der Waals surface area (Å²) in [7, 11) is 0. The van der Waals surface area contributed by atoms with Gasteiger partial charge in [0.1, 0.15) is 104 Å². The first-order valence-electron chi connectivity index (χ1n) is 31.0. The fraction of sp³-hybridized carbons (Fsp3) is 0.933. The second-order valence-electron chi connectivity index (χ2n) is 29.1. The third-order valence-electron chi connectivity index (χ3n) is 23.4. The maximum atomic E-state index is 15.3. The molecule has 0 aromatic heterocycles. The van der Waals surface area contributed by atoms with Crippen molar-refractivity contribution in [1.82, 2.24) is 0 Å². The van der Waals surface area contributed by atoms with Crippen LogP contribution in [-0.4, -0.2) is 261 Å². The Morgan fingerprint density at radius 1 is 0.540 bits per heavy atom. The molecule has 0 bridgehead atoms. The molecule has 0 aromatic rings. The van der Waals surface area contributed by atoms with Gasteiger partial charge in [0.2, 0.25) is 6.29 Å². The van der Waals surface area contributed by atoms with Crippen LogP contribution in [0.3, 0.4) is 0 Å². The number of aliphatic carboxylic acids is 1. The number of aliphatic hydroxyl groups is 14. The molecule has 0 radical (unpaired) electrons. The average molecular weight is 1250 g/mol. The minimum absolute atomic E-state index is 0.0397. The maximum Gasteiger partial charge on any atom is 0.335 e. The molecule has 33 atom stereocenters. The van der Waals surface area contributed by atoms with Crippen molar-refractivity contribution in [2.75, 3.05) is 13.2 Å². The Labute approximate surface area is 505 Å². The number of aliphatic hydroxyl groups excluding tert-OH is 14. The minimum atomic E-state index is -1.97. The van der Waals surface area contributed by atoms with Gasteiger partial charge in [-0.25, -0.2) is 4.79 Å². The first-order chi connectivity index (χ1) is 40.6. The Balaban J connectivity index is 0.836. The normalized spacial score (nSPS) is 54.0. The van der Waals surface area contributed by atoms with Gasteiger partial charge in [0.05, 0.1) is 36.9 Å². The molecule has 10 aliphatic rings. The van der Waals surface area contributed by atoms with E-state index in [2.05, 4.69) is 54.5 Å². The van der Waals surface area contributed by atoms with Crippen molar-refractivity contribution in [2.45, 2.75) is 286 Å². The summed E-state index contributed by atoms with van der Waals surface area (Å²) in [6, 6.07) is 0. The molecule has 0 amide bonds. The largest absolute Gasteiger partial charge is 0.479 e. The Morgan fingerprint density at radius 3 is 1.70 bits per heavy atom. The van der Waals surface area contributed by atoms with Crippen LogP contribution in [-0.2, 0) is 57.0 Å². The number of carboxylic acids is 1. The van der Waals surface area contributed by atoms with Gasteiger partial charge in [-0.3, -0.25) is 4.79 Å². The molecule has 4 saturated carbocycles. The van der Waals surface area contributed by atoms with Crippen LogP contribution >= 0.6 is 0 Å². The van der Waals surface area contributed by atoms with Gasteiger partial charge in [-0.2, -0.15) is 0 Å². The number of esters is 1. The highest BCUT2D eigenvalue weighted by molar-refractivity contribution is 5.79. The molecule has 5 aliphatic heterocycles. The van der Waals surface area contributed by atoms with Gasteiger partial charge in [-0.05, 0) is 123 Å². The van der Waals surface area contributed by atoms with Crippen LogP contribution in [0.15, 0.2) is 11.6 Å². The van der Waals surface area contributed by atoms with Crippen molar-refractivity contribution in [3.05, 3.63) is 11.6 Å². The molecule has 10 rings (SSSR count). The first-order valence-corrected chi connectivity index (χ1v) is 31.0. The lowest BCUT2D eigenvalue weighted by Gasteiger charge is -2.71. The summed E-state index contributed by atoms with van der Waals surface area (Å²) in [5, 5.41) is 162. The molecule has 5 heterocycles. The van der Waals surface area contributed by atoms with E-state index < -0.39 is 201 Å². The Morgan fingerprint density at radius 2 is 1.09 bits per heavy atom. The second kappa shape index (κ2) is 24.6. The molecule has 498 valence electrons. The fourth-order valence-electron chi connectivity index (χ4n) is 17.8. The van der Waals surface area contributed by atoms with Gasteiger partial charge in [-0.1, -0.05) is 60.1 Å². The third kappa shape index (κ3) is 11.4. The Bertz CT molecular complexity index is 2480. The highest BCUT2D eigenvalue weighted by Crippen LogP contribution is 2.76. The molecule has 0 aromatic carbocycles. The summed E-state index contributed by atoms with van der Waals surface area (Å²) in [4.78, 5) is 27.6. The molecule has 5 aliphatic carbocycles. The standard InChI is InChI=1S/C60H96O27/c1-23-32(62)35(65)41(71)50(79-23)84-45-27(21-61)81-49(44(74)40(45)70)78-22-28-34(64)37(67)43(73)52(82-28)87-54(77)60-18-16-55(3,4)20-26(60)25-10-11-30-57(7)14-13-31(56(5,6)29(57)12-15-59(30,9)58(25,8)17-19-60)83-53-47(39(69)38(68)46(85-53)48(75)76)86-51-42(72)36(66)33(63)24(2)80-51/h10,23-24,26-47,49-53,61-74H,11-22H2,1-9H3,(H,75,76). The highest BCUT2D eigenvalue weighted by atomic mass is 16.8. The van der Waals surface area contributed by atoms with E-state index in [0.29, 0.717) is 51.4 Å². The molecule has 33 unspecified atom stereocenters. The molecule has 5 saturated heterocycles. The average Bonchev–Trinajstić information content (AvgIpc) is 0.679. The summed E-state index contributed by atoms with van der Waals surface area (Å²) in [5.41, 5.74) is -1.66. The van der Waals surface area contributed by atoms with Crippen LogP contribution in [0.25, 0.3) is 0 Å². The van der Waals surface area contributed by atoms with Crippen LogP contribution in [0.2, 0.25) is 0 Å². The quantitative estimate of drug-likeness (QED) is 0.0535. The van der Waals surface area contributed by atoms with E-state index in [1.165, 1.54) is 19.4 Å². The lowest BCUT2D eigenvalue weighted by molar-refractivity contribution is -0.372. The SMILES string of the molecule is CC1OC(OC2C(CO)OC(OCC3OC(OC(=O)C45CCC(C)(C)CC4C4=CCC6C7(C)CCC(OC8OC(C(=O)O)C(O)C(O)C8OC8OC(C)C(O)C(O)C8O)C(C)(C)C7CCC6(C)C4(C)CC5)C(O)C(O)C3O)C(O)C2O)C(O)C(O)C1O. The van der Waals surface area contributed by atoms with Crippen LogP contribution in [0.1, 0.15) is 127 Å². The van der Waals surface area contributed by atoms with Crippen molar-refractivity contribution in [3.63, 3.8) is 0 Å². The number of carbonyl (C=O) groups excluding carboxylic acids is 1. The van der Waals surface area contributed by atoms with Crippen molar-refractivity contribution in [3.8, 4) is 0 Å². The van der Waals surface area contributed by atoms with Crippen molar-refractivity contribution in [1.29, 1.82) is 0 Å².